The van der Waals surface area contributed by atoms with Crippen LogP contribution >= 0.6 is 38.5 Å². The normalized spacial score (nSPS) is 14.3. The molecule has 0 unspecified atom stereocenters. The number of hydrogen-bond acceptors (Lipinski definition) is 5. The lowest BCUT2D eigenvalue weighted by molar-refractivity contribution is -0.129. The monoisotopic (exact) mass is 607 g/mol. The van der Waals surface area contributed by atoms with Crippen molar-refractivity contribution in [2.75, 3.05) is 7.11 Å². The van der Waals surface area contributed by atoms with Gasteiger partial charge in [0.2, 0.25) is 5.90 Å². The molecule has 0 radical (unpaired) electrons. The number of ether oxygens (including phenoxy) is 3. The highest BCUT2D eigenvalue weighted by molar-refractivity contribution is 14.1. The quantitative estimate of drug-likeness (QED) is 0.192. The van der Waals surface area contributed by atoms with E-state index in [1.165, 1.54) is 12.1 Å². The Kier molecular flexibility index (Phi) is 6.90. The topological polar surface area (TPSA) is 57.1 Å². The van der Waals surface area contributed by atoms with Crippen molar-refractivity contribution in [3.8, 4) is 11.5 Å². The van der Waals surface area contributed by atoms with Gasteiger partial charge in [0.15, 0.2) is 17.2 Å². The summed E-state index contributed by atoms with van der Waals surface area (Å²) in [5, 5.41) is 0. The molecule has 3 aromatic carbocycles. The van der Waals surface area contributed by atoms with Crippen LogP contribution < -0.4 is 9.47 Å². The van der Waals surface area contributed by atoms with Crippen molar-refractivity contribution in [2.45, 2.75) is 6.61 Å². The lowest BCUT2D eigenvalue weighted by Gasteiger charge is -2.14. The molecule has 0 bridgehead atoms. The summed E-state index contributed by atoms with van der Waals surface area (Å²) in [6.45, 7) is 0.378. The largest absolute Gasteiger partial charge is 0.493 e. The number of carbonyl (C=O) groups excluding carboxylic acids is 1. The minimum Gasteiger partial charge on any atom is -0.493 e. The smallest absolute Gasteiger partial charge is 0.363 e. The van der Waals surface area contributed by atoms with Crippen molar-refractivity contribution in [3.63, 3.8) is 0 Å². The van der Waals surface area contributed by atoms with Crippen LogP contribution in [0.1, 0.15) is 16.7 Å². The second kappa shape index (κ2) is 9.83. The van der Waals surface area contributed by atoms with Gasteiger partial charge >= 0.3 is 5.97 Å². The first kappa shape index (κ1) is 22.5. The molecular weight excluding hydrogens is 592 g/mol. The van der Waals surface area contributed by atoms with Gasteiger partial charge < -0.3 is 14.2 Å². The lowest BCUT2D eigenvalue weighted by Crippen LogP contribution is -2.07. The number of benzene rings is 3. The van der Waals surface area contributed by atoms with Gasteiger partial charge in [-0.05, 0) is 76.2 Å². The van der Waals surface area contributed by atoms with Crippen LogP contribution in [0.5, 0.6) is 11.5 Å². The molecule has 0 N–H and O–H groups in total. The summed E-state index contributed by atoms with van der Waals surface area (Å²) in [4.78, 5) is 16.4. The van der Waals surface area contributed by atoms with E-state index in [2.05, 4.69) is 43.5 Å². The number of aliphatic imine (C=N–C) groups is 1. The van der Waals surface area contributed by atoms with Crippen LogP contribution in [0, 0.1) is 9.39 Å². The van der Waals surface area contributed by atoms with E-state index in [9.17, 15) is 9.18 Å². The SMILES string of the molecule is COc1cc(/C=C2\N=C(c3ccccc3F)OC2=O)cc(I)c1OCc1ccc(Br)cc1. The Morgan fingerprint density at radius 3 is 2.62 bits per heavy atom. The number of cyclic esters (lactones) is 1. The van der Waals surface area contributed by atoms with Crippen LogP contribution in [0.15, 0.2) is 75.8 Å². The fourth-order valence-electron chi connectivity index (χ4n) is 3.02. The molecule has 162 valence electrons. The molecule has 0 aliphatic carbocycles. The molecular formula is C24H16BrFINO4. The Bertz CT molecular complexity index is 1240. The van der Waals surface area contributed by atoms with E-state index in [1.54, 1.807) is 31.4 Å². The first-order valence-electron chi connectivity index (χ1n) is 9.47. The summed E-state index contributed by atoms with van der Waals surface area (Å²) >= 11 is 5.57. The van der Waals surface area contributed by atoms with Crippen LogP contribution in [0.2, 0.25) is 0 Å². The molecule has 1 aliphatic heterocycles. The van der Waals surface area contributed by atoms with Gasteiger partial charge in [0.05, 0.1) is 16.2 Å². The van der Waals surface area contributed by atoms with Crippen molar-refractivity contribution in [2.24, 2.45) is 4.99 Å². The number of rotatable bonds is 6. The molecule has 1 heterocycles. The number of nitrogens with zero attached hydrogens (tertiary/aromatic N) is 1. The van der Waals surface area contributed by atoms with Crippen LogP contribution in [-0.4, -0.2) is 19.0 Å². The maximum absolute atomic E-state index is 14.0. The summed E-state index contributed by atoms with van der Waals surface area (Å²) in [5.41, 5.74) is 1.89. The van der Waals surface area contributed by atoms with Gasteiger partial charge in [-0.15, -0.1) is 0 Å². The summed E-state index contributed by atoms with van der Waals surface area (Å²) in [6.07, 6.45) is 1.57. The minimum atomic E-state index is -0.646. The standard InChI is InChI=1S/C24H16BrFINO4/c1-30-21-12-15(10-19(27)22(21)31-13-14-6-8-16(25)9-7-14)11-20-24(29)32-23(28-20)17-4-2-3-5-18(17)26/h2-12H,13H2,1H3/b20-11-. The highest BCUT2D eigenvalue weighted by atomic mass is 127. The van der Waals surface area contributed by atoms with E-state index in [4.69, 9.17) is 14.2 Å². The number of esters is 1. The van der Waals surface area contributed by atoms with Gasteiger partial charge in [-0.25, -0.2) is 14.2 Å². The number of halogens is 3. The molecule has 0 saturated carbocycles. The van der Waals surface area contributed by atoms with Crippen molar-refractivity contribution in [3.05, 3.63) is 96.9 Å². The third-order valence-electron chi connectivity index (χ3n) is 4.58. The summed E-state index contributed by atoms with van der Waals surface area (Å²) in [6, 6.07) is 17.4. The Labute approximate surface area is 206 Å². The third-order valence-corrected chi connectivity index (χ3v) is 5.91. The Morgan fingerprint density at radius 2 is 1.91 bits per heavy atom. The molecule has 8 heteroatoms. The van der Waals surface area contributed by atoms with E-state index in [1.807, 2.05) is 30.3 Å². The summed E-state index contributed by atoms with van der Waals surface area (Å²) in [5.74, 6) is -0.0969. The van der Waals surface area contributed by atoms with E-state index >= 15 is 0 Å². The molecule has 4 rings (SSSR count). The molecule has 0 saturated heterocycles. The number of methoxy groups -OCH3 is 1. The average Bonchev–Trinajstić information content (AvgIpc) is 3.14. The Morgan fingerprint density at radius 1 is 1.16 bits per heavy atom. The van der Waals surface area contributed by atoms with Gasteiger partial charge in [0.1, 0.15) is 12.4 Å². The molecule has 0 spiro atoms. The van der Waals surface area contributed by atoms with Crippen molar-refractivity contribution in [1.29, 1.82) is 0 Å². The Hall–Kier alpha value is -2.72. The molecule has 0 aromatic heterocycles. The maximum atomic E-state index is 14.0. The first-order chi connectivity index (χ1) is 15.4. The van der Waals surface area contributed by atoms with Gasteiger partial charge in [0.25, 0.3) is 0 Å². The fourth-order valence-corrected chi connectivity index (χ4v) is 4.06. The molecule has 5 nitrogen and oxygen atoms in total. The predicted molar refractivity (Wildman–Crippen MR) is 131 cm³/mol. The molecule has 1 aliphatic rings. The molecule has 0 amide bonds. The first-order valence-corrected chi connectivity index (χ1v) is 11.3. The fraction of sp³-hybridized carbons (Fsp3) is 0.0833. The zero-order valence-corrected chi connectivity index (χ0v) is 20.5. The second-order valence-electron chi connectivity index (χ2n) is 6.77. The van der Waals surface area contributed by atoms with Gasteiger partial charge in [-0.2, -0.15) is 0 Å². The van der Waals surface area contributed by atoms with Crippen LogP contribution in [0.4, 0.5) is 4.39 Å². The van der Waals surface area contributed by atoms with E-state index in [0.717, 1.165) is 13.6 Å². The second-order valence-corrected chi connectivity index (χ2v) is 8.84. The highest BCUT2D eigenvalue weighted by Crippen LogP contribution is 2.35. The lowest BCUT2D eigenvalue weighted by atomic mass is 10.1. The highest BCUT2D eigenvalue weighted by Gasteiger charge is 2.26. The summed E-state index contributed by atoms with van der Waals surface area (Å²) in [7, 11) is 1.55. The predicted octanol–water partition coefficient (Wildman–Crippen LogP) is 6.12. The number of carbonyl (C=O) groups is 1. The van der Waals surface area contributed by atoms with E-state index in [-0.39, 0.29) is 17.2 Å². The molecule has 0 fully saturated rings. The van der Waals surface area contributed by atoms with Gasteiger partial charge in [-0.3, -0.25) is 0 Å². The maximum Gasteiger partial charge on any atom is 0.363 e. The van der Waals surface area contributed by atoms with Crippen LogP contribution in [0.3, 0.4) is 0 Å². The van der Waals surface area contributed by atoms with Crippen molar-refractivity contribution < 1.29 is 23.4 Å². The number of hydrogen-bond donors (Lipinski definition) is 0. The average molecular weight is 608 g/mol. The molecule has 3 aromatic rings. The van der Waals surface area contributed by atoms with Crippen LogP contribution in [-0.2, 0) is 16.1 Å². The zero-order valence-electron chi connectivity index (χ0n) is 16.8. The van der Waals surface area contributed by atoms with E-state index < -0.39 is 11.8 Å². The van der Waals surface area contributed by atoms with Crippen LogP contribution in [0.25, 0.3) is 6.08 Å². The van der Waals surface area contributed by atoms with Gasteiger partial charge in [-0.1, -0.05) is 40.2 Å². The third kappa shape index (κ3) is 5.02. The van der Waals surface area contributed by atoms with Crippen molar-refractivity contribution in [1.82, 2.24) is 0 Å². The zero-order chi connectivity index (χ0) is 22.7. The summed E-state index contributed by atoms with van der Waals surface area (Å²) < 4.78 is 32.5. The molecule has 32 heavy (non-hydrogen) atoms. The van der Waals surface area contributed by atoms with E-state index in [0.29, 0.717) is 23.7 Å². The minimum absolute atomic E-state index is 0.0598. The van der Waals surface area contributed by atoms with Gasteiger partial charge in [0, 0.05) is 4.47 Å². The molecule has 0 atom stereocenters. The van der Waals surface area contributed by atoms with Crippen molar-refractivity contribution >= 4 is 56.5 Å². The Balaban J connectivity index is 1.59.